The number of carbonyl (C=O) groups excluding carboxylic acids is 1. The Morgan fingerprint density at radius 2 is 2.21 bits per heavy atom. The predicted octanol–water partition coefficient (Wildman–Crippen LogP) is 3.11. The number of hydrogen-bond acceptors (Lipinski definition) is 3. The van der Waals surface area contributed by atoms with Gasteiger partial charge in [-0.2, -0.15) is 0 Å². The number of benzene rings is 1. The lowest BCUT2D eigenvalue weighted by Gasteiger charge is -1.98. The van der Waals surface area contributed by atoms with Gasteiger partial charge in [0, 0.05) is 0 Å². The maximum Gasteiger partial charge on any atom is 0.169 e. The van der Waals surface area contributed by atoms with Gasteiger partial charge in [-0.25, -0.2) is 0 Å². The van der Waals surface area contributed by atoms with E-state index < -0.39 is 0 Å². The first-order valence-electron chi connectivity index (χ1n) is 4.30. The fraction of sp³-hybridized carbons (Fsp3) is 0.182. The summed E-state index contributed by atoms with van der Waals surface area (Å²) in [6, 6.07) is 7.73. The Morgan fingerprint density at radius 3 is 2.86 bits per heavy atom. The summed E-state index contributed by atoms with van der Waals surface area (Å²) < 4.78 is 6.26. The van der Waals surface area contributed by atoms with Crippen LogP contribution in [0.3, 0.4) is 0 Å². The van der Waals surface area contributed by atoms with Gasteiger partial charge in [0.1, 0.15) is 5.75 Å². The number of rotatable bonds is 2. The summed E-state index contributed by atoms with van der Waals surface area (Å²) in [6.07, 6.45) is 0. The van der Waals surface area contributed by atoms with E-state index in [1.54, 1.807) is 14.0 Å². The van der Waals surface area contributed by atoms with Crippen molar-refractivity contribution in [3.63, 3.8) is 0 Å². The first-order valence-corrected chi connectivity index (χ1v) is 5.11. The van der Waals surface area contributed by atoms with Crippen LogP contribution in [-0.4, -0.2) is 12.9 Å². The van der Waals surface area contributed by atoms with Gasteiger partial charge >= 0.3 is 0 Å². The zero-order valence-electron chi connectivity index (χ0n) is 8.03. The van der Waals surface area contributed by atoms with Gasteiger partial charge in [0.15, 0.2) is 5.78 Å². The van der Waals surface area contributed by atoms with E-state index in [1.165, 1.54) is 11.3 Å². The number of fused-ring (bicyclic) bond motifs is 1. The number of Topliss-reactive ketones (excluding diaryl/α,β-unsaturated/α-hetero) is 1. The van der Waals surface area contributed by atoms with E-state index in [1.807, 2.05) is 24.3 Å². The van der Waals surface area contributed by atoms with Crippen molar-refractivity contribution in [1.29, 1.82) is 0 Å². The molecule has 0 spiro atoms. The van der Waals surface area contributed by atoms with Crippen molar-refractivity contribution in [2.75, 3.05) is 7.11 Å². The van der Waals surface area contributed by atoms with Crippen LogP contribution in [0.15, 0.2) is 24.3 Å². The number of hydrogen-bond donors (Lipinski definition) is 0. The van der Waals surface area contributed by atoms with Crippen LogP contribution in [0, 0.1) is 0 Å². The number of ether oxygens (including phenoxy) is 1. The molecule has 1 aromatic carbocycles. The molecule has 0 radical (unpaired) electrons. The molecule has 0 aliphatic carbocycles. The van der Waals surface area contributed by atoms with Crippen molar-refractivity contribution in [3.05, 3.63) is 29.1 Å². The largest absolute Gasteiger partial charge is 0.495 e. The second kappa shape index (κ2) is 3.42. The Kier molecular flexibility index (Phi) is 2.25. The van der Waals surface area contributed by atoms with E-state index in [4.69, 9.17) is 4.74 Å². The lowest BCUT2D eigenvalue weighted by molar-refractivity contribution is 0.102. The Hall–Kier alpha value is -1.35. The third kappa shape index (κ3) is 1.40. The molecule has 2 nitrogen and oxygen atoms in total. The number of carbonyl (C=O) groups is 1. The molecule has 2 rings (SSSR count). The lowest BCUT2D eigenvalue weighted by Crippen LogP contribution is -1.83. The second-order valence-corrected chi connectivity index (χ2v) is 4.10. The number of ketones is 1. The summed E-state index contributed by atoms with van der Waals surface area (Å²) in [5, 5.41) is 1.07. The van der Waals surface area contributed by atoms with Gasteiger partial charge in [0.05, 0.1) is 16.7 Å². The van der Waals surface area contributed by atoms with Gasteiger partial charge < -0.3 is 4.74 Å². The van der Waals surface area contributed by atoms with Crippen molar-refractivity contribution in [2.45, 2.75) is 6.92 Å². The van der Waals surface area contributed by atoms with Crippen LogP contribution in [0.5, 0.6) is 5.75 Å². The molecule has 2 aromatic rings. The highest BCUT2D eigenvalue weighted by atomic mass is 32.1. The Balaban J connectivity index is 2.70. The fourth-order valence-electron chi connectivity index (χ4n) is 1.37. The van der Waals surface area contributed by atoms with Crippen molar-refractivity contribution in [1.82, 2.24) is 0 Å². The van der Waals surface area contributed by atoms with Crippen LogP contribution in [0.4, 0.5) is 0 Å². The molecule has 0 aliphatic heterocycles. The topological polar surface area (TPSA) is 26.3 Å². The smallest absolute Gasteiger partial charge is 0.169 e. The van der Waals surface area contributed by atoms with Crippen molar-refractivity contribution in [2.24, 2.45) is 0 Å². The molecule has 0 saturated carbocycles. The van der Waals surface area contributed by atoms with Gasteiger partial charge in [-0.05, 0) is 24.4 Å². The molecule has 0 atom stereocenters. The molecule has 0 amide bonds. The van der Waals surface area contributed by atoms with Crippen LogP contribution < -0.4 is 4.74 Å². The zero-order valence-corrected chi connectivity index (χ0v) is 8.85. The standard InChI is InChI=1S/C11H10O2S/c1-7(12)10-6-8-4-3-5-9(13-2)11(8)14-10/h3-6H,1-2H3. The Bertz CT molecular complexity index is 485. The SMILES string of the molecule is COc1cccc2cc(C(C)=O)sc12. The molecule has 72 valence electrons. The van der Waals surface area contributed by atoms with Gasteiger partial charge in [-0.3, -0.25) is 4.79 Å². The fourth-order valence-corrected chi connectivity index (χ4v) is 2.42. The van der Waals surface area contributed by atoms with E-state index in [2.05, 4.69) is 0 Å². The molecular formula is C11H10O2S. The monoisotopic (exact) mass is 206 g/mol. The molecule has 0 fully saturated rings. The second-order valence-electron chi connectivity index (χ2n) is 3.05. The van der Waals surface area contributed by atoms with E-state index in [9.17, 15) is 4.79 Å². The van der Waals surface area contributed by atoms with Crippen molar-refractivity contribution in [3.8, 4) is 5.75 Å². The molecule has 3 heteroatoms. The van der Waals surface area contributed by atoms with Gasteiger partial charge in [0.25, 0.3) is 0 Å². The predicted molar refractivity (Wildman–Crippen MR) is 58.4 cm³/mol. The molecule has 1 aromatic heterocycles. The van der Waals surface area contributed by atoms with Crippen LogP contribution in [0.25, 0.3) is 10.1 Å². The molecule has 14 heavy (non-hydrogen) atoms. The van der Waals surface area contributed by atoms with Crippen LogP contribution in [-0.2, 0) is 0 Å². The molecule has 0 saturated heterocycles. The van der Waals surface area contributed by atoms with Crippen molar-refractivity contribution >= 4 is 27.2 Å². The average molecular weight is 206 g/mol. The summed E-state index contributed by atoms with van der Waals surface area (Å²) in [5.74, 6) is 0.938. The summed E-state index contributed by atoms with van der Waals surface area (Å²) in [7, 11) is 1.64. The normalized spacial score (nSPS) is 10.4. The molecule has 0 unspecified atom stereocenters. The van der Waals surface area contributed by atoms with Crippen LogP contribution >= 0.6 is 11.3 Å². The van der Waals surface area contributed by atoms with E-state index in [0.29, 0.717) is 0 Å². The van der Waals surface area contributed by atoms with Crippen molar-refractivity contribution < 1.29 is 9.53 Å². The quantitative estimate of drug-likeness (QED) is 0.706. The van der Waals surface area contributed by atoms with E-state index in [-0.39, 0.29) is 5.78 Å². The third-order valence-corrected chi connectivity index (χ3v) is 3.34. The Morgan fingerprint density at radius 1 is 1.43 bits per heavy atom. The van der Waals surface area contributed by atoms with Crippen LogP contribution in [0.2, 0.25) is 0 Å². The summed E-state index contributed by atoms with van der Waals surface area (Å²) >= 11 is 1.48. The zero-order chi connectivity index (χ0) is 10.1. The van der Waals surface area contributed by atoms with E-state index in [0.717, 1.165) is 20.7 Å². The highest BCUT2D eigenvalue weighted by Crippen LogP contribution is 2.33. The highest BCUT2D eigenvalue weighted by molar-refractivity contribution is 7.21. The first-order chi connectivity index (χ1) is 6.72. The average Bonchev–Trinajstić information content (AvgIpc) is 2.60. The highest BCUT2D eigenvalue weighted by Gasteiger charge is 2.08. The minimum absolute atomic E-state index is 0.105. The van der Waals surface area contributed by atoms with Crippen LogP contribution in [0.1, 0.15) is 16.6 Å². The maximum atomic E-state index is 11.2. The lowest BCUT2D eigenvalue weighted by atomic mass is 10.2. The van der Waals surface area contributed by atoms with Gasteiger partial charge in [-0.15, -0.1) is 11.3 Å². The third-order valence-electron chi connectivity index (χ3n) is 2.07. The molecule has 0 bridgehead atoms. The Labute approximate surface area is 86.1 Å². The molecule has 1 heterocycles. The molecular weight excluding hydrogens is 196 g/mol. The molecule has 0 N–H and O–H groups in total. The summed E-state index contributed by atoms with van der Waals surface area (Å²) in [6.45, 7) is 1.58. The minimum atomic E-state index is 0.105. The van der Waals surface area contributed by atoms with E-state index >= 15 is 0 Å². The first kappa shape index (κ1) is 9.21. The maximum absolute atomic E-state index is 11.2. The molecule has 0 aliphatic rings. The number of thiophene rings is 1. The van der Waals surface area contributed by atoms with Gasteiger partial charge in [-0.1, -0.05) is 12.1 Å². The minimum Gasteiger partial charge on any atom is -0.495 e. The summed E-state index contributed by atoms with van der Waals surface area (Å²) in [5.41, 5.74) is 0. The summed E-state index contributed by atoms with van der Waals surface area (Å²) in [4.78, 5) is 12.0. The number of methoxy groups -OCH3 is 1. The van der Waals surface area contributed by atoms with Gasteiger partial charge in [0.2, 0.25) is 0 Å².